The molecule has 2 aromatic heterocycles. The van der Waals surface area contributed by atoms with Crippen molar-refractivity contribution in [2.24, 2.45) is 0 Å². The summed E-state index contributed by atoms with van der Waals surface area (Å²) in [6.07, 6.45) is 3.62. The molecule has 0 saturated heterocycles. The maximum absolute atomic E-state index is 3.95. The first kappa shape index (κ1) is 6.79. The summed E-state index contributed by atoms with van der Waals surface area (Å²) in [5, 5.41) is 7.73. The van der Waals surface area contributed by atoms with Crippen LogP contribution in [0, 0.1) is 6.92 Å². The summed E-state index contributed by atoms with van der Waals surface area (Å²) >= 11 is 3.44. The fourth-order valence-electron chi connectivity index (χ4n) is 0.950. The van der Waals surface area contributed by atoms with Crippen LogP contribution in [0.1, 0.15) is 5.56 Å². The number of rotatable bonds is 0. The summed E-state index contributed by atoms with van der Waals surface area (Å²) in [6.45, 7) is 2.03. The molecule has 2 rings (SSSR count). The maximum Gasteiger partial charge on any atom is 0.175 e. The number of hydrogen-bond donors (Lipinski definition) is 0. The van der Waals surface area contributed by atoms with Gasteiger partial charge < -0.3 is 0 Å². The molecule has 4 heteroatoms. The second kappa shape index (κ2) is 2.30. The van der Waals surface area contributed by atoms with Gasteiger partial charge in [-0.05, 0) is 34.5 Å². The molecule has 0 fully saturated rings. The van der Waals surface area contributed by atoms with Crippen LogP contribution in [-0.4, -0.2) is 14.6 Å². The number of nitrogens with zero attached hydrogens (tertiary/aromatic N) is 3. The van der Waals surface area contributed by atoms with Crippen molar-refractivity contribution in [1.29, 1.82) is 0 Å². The molecule has 0 aliphatic rings. The molecule has 0 amide bonds. The van der Waals surface area contributed by atoms with E-state index in [1.807, 2.05) is 23.6 Å². The van der Waals surface area contributed by atoms with Crippen LogP contribution >= 0.6 is 15.9 Å². The molecule has 0 aromatic carbocycles. The monoisotopic (exact) mass is 211 g/mol. The van der Waals surface area contributed by atoms with Crippen LogP contribution in [-0.2, 0) is 0 Å². The molecule has 0 N–H and O–H groups in total. The minimum absolute atomic E-state index is 0.866. The van der Waals surface area contributed by atoms with E-state index in [0.29, 0.717) is 0 Å². The minimum Gasteiger partial charge on any atom is -0.288 e. The standard InChI is InChI=1S/C7H6BrN3/c1-5-2-3-11-4-9-10-7(11)6(5)8/h2-4H,1H3. The van der Waals surface area contributed by atoms with Crippen molar-refractivity contribution < 1.29 is 0 Å². The average molecular weight is 212 g/mol. The summed E-state index contributed by atoms with van der Waals surface area (Å²) in [4.78, 5) is 0. The predicted molar refractivity (Wildman–Crippen MR) is 45.4 cm³/mol. The third-order valence-electron chi connectivity index (χ3n) is 1.60. The largest absolute Gasteiger partial charge is 0.288 e. The first-order valence-electron chi connectivity index (χ1n) is 3.23. The van der Waals surface area contributed by atoms with Gasteiger partial charge in [-0.1, -0.05) is 0 Å². The lowest BCUT2D eigenvalue weighted by Crippen LogP contribution is -1.85. The zero-order valence-corrected chi connectivity index (χ0v) is 7.54. The van der Waals surface area contributed by atoms with E-state index >= 15 is 0 Å². The van der Waals surface area contributed by atoms with Gasteiger partial charge in [-0.25, -0.2) is 0 Å². The first-order chi connectivity index (χ1) is 5.29. The van der Waals surface area contributed by atoms with E-state index in [-0.39, 0.29) is 0 Å². The van der Waals surface area contributed by atoms with Crippen LogP contribution in [0.2, 0.25) is 0 Å². The van der Waals surface area contributed by atoms with Crippen LogP contribution in [0.25, 0.3) is 5.65 Å². The Morgan fingerprint density at radius 1 is 1.55 bits per heavy atom. The number of aryl methyl sites for hydroxylation is 1. The van der Waals surface area contributed by atoms with Gasteiger partial charge in [0.1, 0.15) is 6.33 Å². The molecule has 0 unspecified atom stereocenters. The minimum atomic E-state index is 0.866. The molecular weight excluding hydrogens is 206 g/mol. The summed E-state index contributed by atoms with van der Waals surface area (Å²) < 4.78 is 2.88. The molecule has 0 radical (unpaired) electrons. The molecule has 0 saturated carbocycles. The van der Waals surface area contributed by atoms with Crippen molar-refractivity contribution in [3.8, 4) is 0 Å². The zero-order valence-electron chi connectivity index (χ0n) is 5.95. The highest BCUT2D eigenvalue weighted by Gasteiger charge is 2.01. The average Bonchev–Trinajstić information content (AvgIpc) is 2.45. The van der Waals surface area contributed by atoms with Crippen molar-refractivity contribution in [1.82, 2.24) is 14.6 Å². The van der Waals surface area contributed by atoms with E-state index in [1.165, 1.54) is 5.56 Å². The highest BCUT2D eigenvalue weighted by molar-refractivity contribution is 9.10. The van der Waals surface area contributed by atoms with E-state index in [1.54, 1.807) is 6.33 Å². The van der Waals surface area contributed by atoms with Gasteiger partial charge in [0, 0.05) is 6.20 Å². The highest BCUT2D eigenvalue weighted by atomic mass is 79.9. The lowest BCUT2D eigenvalue weighted by Gasteiger charge is -1.97. The summed E-state index contributed by atoms with van der Waals surface area (Å²) in [5.41, 5.74) is 2.04. The van der Waals surface area contributed by atoms with Gasteiger partial charge in [0.05, 0.1) is 4.47 Å². The molecule has 3 nitrogen and oxygen atoms in total. The molecule has 0 atom stereocenters. The summed E-state index contributed by atoms with van der Waals surface area (Å²) in [5.74, 6) is 0. The first-order valence-corrected chi connectivity index (χ1v) is 4.03. The van der Waals surface area contributed by atoms with Gasteiger partial charge in [-0.3, -0.25) is 4.40 Å². The Balaban J connectivity index is 2.93. The Hall–Kier alpha value is -0.900. The number of aromatic nitrogens is 3. The quantitative estimate of drug-likeness (QED) is 0.666. The van der Waals surface area contributed by atoms with E-state index in [9.17, 15) is 0 Å². The normalized spacial score (nSPS) is 10.7. The molecule has 2 heterocycles. The topological polar surface area (TPSA) is 30.2 Å². The number of fused-ring (bicyclic) bond motifs is 1. The second-order valence-electron chi connectivity index (χ2n) is 2.37. The van der Waals surface area contributed by atoms with Crippen molar-refractivity contribution in [3.63, 3.8) is 0 Å². The molecule has 11 heavy (non-hydrogen) atoms. The summed E-state index contributed by atoms with van der Waals surface area (Å²) in [7, 11) is 0. The van der Waals surface area contributed by atoms with Crippen LogP contribution in [0.4, 0.5) is 0 Å². The maximum atomic E-state index is 3.95. The van der Waals surface area contributed by atoms with Crippen LogP contribution < -0.4 is 0 Å². The van der Waals surface area contributed by atoms with E-state index in [4.69, 9.17) is 0 Å². The predicted octanol–water partition coefficient (Wildman–Crippen LogP) is 1.80. The van der Waals surface area contributed by atoms with Crippen molar-refractivity contribution >= 4 is 21.6 Å². The van der Waals surface area contributed by atoms with Gasteiger partial charge >= 0.3 is 0 Å². The third kappa shape index (κ3) is 0.939. The van der Waals surface area contributed by atoms with Gasteiger partial charge in [0.15, 0.2) is 5.65 Å². The number of halogens is 1. The van der Waals surface area contributed by atoms with Gasteiger partial charge in [-0.15, -0.1) is 10.2 Å². The van der Waals surface area contributed by atoms with Crippen LogP contribution in [0.15, 0.2) is 23.1 Å². The molecule has 0 bridgehead atoms. The fraction of sp³-hybridized carbons (Fsp3) is 0.143. The second-order valence-corrected chi connectivity index (χ2v) is 3.17. The molecule has 56 valence electrons. The van der Waals surface area contributed by atoms with Crippen LogP contribution in [0.5, 0.6) is 0 Å². The third-order valence-corrected chi connectivity index (χ3v) is 2.58. The number of hydrogen-bond acceptors (Lipinski definition) is 2. The molecule has 2 aromatic rings. The molecule has 0 aliphatic heterocycles. The lowest BCUT2D eigenvalue weighted by molar-refractivity contribution is 1.10. The Bertz CT molecular complexity index is 393. The molecular formula is C7H6BrN3. The van der Waals surface area contributed by atoms with Crippen molar-refractivity contribution in [2.45, 2.75) is 6.92 Å². The van der Waals surface area contributed by atoms with E-state index in [2.05, 4.69) is 26.1 Å². The lowest BCUT2D eigenvalue weighted by atomic mass is 10.3. The van der Waals surface area contributed by atoms with Gasteiger partial charge in [0.25, 0.3) is 0 Å². The van der Waals surface area contributed by atoms with E-state index in [0.717, 1.165) is 10.1 Å². The van der Waals surface area contributed by atoms with Crippen molar-refractivity contribution in [3.05, 3.63) is 28.6 Å². The zero-order chi connectivity index (χ0) is 7.84. The van der Waals surface area contributed by atoms with Crippen LogP contribution in [0.3, 0.4) is 0 Å². The SMILES string of the molecule is Cc1ccn2cnnc2c1Br. The molecule has 0 spiro atoms. The Morgan fingerprint density at radius 2 is 2.36 bits per heavy atom. The smallest absolute Gasteiger partial charge is 0.175 e. The van der Waals surface area contributed by atoms with E-state index < -0.39 is 0 Å². The van der Waals surface area contributed by atoms with Gasteiger partial charge in [0.2, 0.25) is 0 Å². The van der Waals surface area contributed by atoms with Crippen molar-refractivity contribution in [2.75, 3.05) is 0 Å². The highest BCUT2D eigenvalue weighted by Crippen LogP contribution is 2.19. The Morgan fingerprint density at radius 3 is 3.18 bits per heavy atom. The number of pyridine rings is 1. The fourth-order valence-corrected chi connectivity index (χ4v) is 1.37. The Kier molecular flexibility index (Phi) is 1.42. The summed E-state index contributed by atoms with van der Waals surface area (Å²) in [6, 6.07) is 2.01. The Labute approximate surface area is 72.2 Å². The van der Waals surface area contributed by atoms with Gasteiger partial charge in [-0.2, -0.15) is 0 Å². The molecule has 0 aliphatic carbocycles.